The van der Waals surface area contributed by atoms with Crippen LogP contribution in [0.3, 0.4) is 0 Å². The van der Waals surface area contributed by atoms with Crippen LogP contribution in [0.1, 0.15) is 39.5 Å². The summed E-state index contributed by atoms with van der Waals surface area (Å²) in [6.07, 6.45) is 4.15. The minimum Gasteiger partial charge on any atom is -0.400 e. The van der Waals surface area contributed by atoms with E-state index in [4.69, 9.17) is 4.43 Å². The maximum absolute atomic E-state index is 9.38. The van der Waals surface area contributed by atoms with Crippen LogP contribution in [0, 0.1) is 23.2 Å². The van der Waals surface area contributed by atoms with Crippen LogP contribution in [0.15, 0.2) is 0 Å². The molecular weight excluding hydrogens is 214 g/mol. The van der Waals surface area contributed by atoms with Gasteiger partial charge in [-0.1, -0.05) is 13.8 Å². The third kappa shape index (κ3) is 3.60. The summed E-state index contributed by atoms with van der Waals surface area (Å²) in [5, 5.41) is 9.38. The van der Waals surface area contributed by atoms with Crippen molar-refractivity contribution in [1.82, 2.24) is 0 Å². The van der Waals surface area contributed by atoms with E-state index in [0.29, 0.717) is 0 Å². The summed E-state index contributed by atoms with van der Waals surface area (Å²) in [6, 6.07) is 2.45. The second kappa shape index (κ2) is 4.89. The SMILES string of the molecule is CC(C)C1CCC(C#N)(O[Si](C)(C)C)CC1. The Morgan fingerprint density at radius 3 is 2.06 bits per heavy atom. The number of rotatable bonds is 3. The van der Waals surface area contributed by atoms with Gasteiger partial charge >= 0.3 is 0 Å². The van der Waals surface area contributed by atoms with Crippen LogP contribution in [0.2, 0.25) is 19.6 Å². The van der Waals surface area contributed by atoms with E-state index in [1.807, 2.05) is 0 Å². The number of hydrogen-bond acceptors (Lipinski definition) is 2. The molecule has 0 radical (unpaired) electrons. The van der Waals surface area contributed by atoms with Gasteiger partial charge in [-0.3, -0.25) is 0 Å². The minimum absolute atomic E-state index is 0.462. The van der Waals surface area contributed by atoms with Crippen LogP contribution in [-0.2, 0) is 4.43 Å². The fourth-order valence-electron chi connectivity index (χ4n) is 2.60. The molecule has 0 unspecified atom stereocenters. The molecule has 1 aliphatic carbocycles. The lowest BCUT2D eigenvalue weighted by atomic mass is 9.75. The predicted molar refractivity (Wildman–Crippen MR) is 69.6 cm³/mol. The average molecular weight is 239 g/mol. The maximum Gasteiger partial charge on any atom is 0.185 e. The van der Waals surface area contributed by atoms with Gasteiger partial charge in [-0.2, -0.15) is 5.26 Å². The van der Waals surface area contributed by atoms with Crippen LogP contribution in [-0.4, -0.2) is 13.9 Å². The summed E-state index contributed by atoms with van der Waals surface area (Å²) in [7, 11) is -1.61. The van der Waals surface area contributed by atoms with Crippen molar-refractivity contribution in [2.75, 3.05) is 0 Å². The fourth-order valence-corrected chi connectivity index (χ4v) is 4.02. The number of hydrogen-bond donors (Lipinski definition) is 0. The van der Waals surface area contributed by atoms with Crippen molar-refractivity contribution >= 4 is 8.32 Å². The zero-order chi connectivity index (χ0) is 12.4. The highest BCUT2D eigenvalue weighted by atomic mass is 28.4. The van der Waals surface area contributed by atoms with E-state index in [1.165, 1.54) is 0 Å². The number of nitriles is 1. The van der Waals surface area contributed by atoms with E-state index in [9.17, 15) is 5.26 Å². The second-order valence-corrected chi connectivity index (χ2v) is 10.8. The van der Waals surface area contributed by atoms with Crippen LogP contribution in [0.25, 0.3) is 0 Å². The van der Waals surface area contributed by atoms with E-state index in [-0.39, 0.29) is 0 Å². The summed E-state index contributed by atoms with van der Waals surface area (Å²) in [5.41, 5.74) is -0.462. The molecule has 0 aromatic rings. The lowest BCUT2D eigenvalue weighted by Gasteiger charge is -2.40. The monoisotopic (exact) mass is 239 g/mol. The van der Waals surface area contributed by atoms with Crippen molar-refractivity contribution in [3.63, 3.8) is 0 Å². The first-order valence-electron chi connectivity index (χ1n) is 6.39. The highest BCUT2D eigenvalue weighted by Crippen LogP contribution is 2.39. The van der Waals surface area contributed by atoms with Gasteiger partial charge in [-0.25, -0.2) is 0 Å². The second-order valence-electron chi connectivity index (χ2n) is 6.40. The Labute approximate surface area is 101 Å². The van der Waals surface area contributed by atoms with Gasteiger partial charge in [0.1, 0.15) is 5.60 Å². The molecule has 0 aromatic heterocycles. The van der Waals surface area contributed by atoms with Gasteiger partial charge in [0, 0.05) is 0 Å². The lowest BCUT2D eigenvalue weighted by Crippen LogP contribution is -2.44. The van der Waals surface area contributed by atoms with Gasteiger partial charge in [-0.05, 0) is 57.2 Å². The first kappa shape index (κ1) is 13.7. The van der Waals surface area contributed by atoms with E-state index in [2.05, 4.69) is 39.6 Å². The molecule has 0 amide bonds. The van der Waals surface area contributed by atoms with Crippen molar-refractivity contribution in [2.45, 2.75) is 64.8 Å². The zero-order valence-electron chi connectivity index (χ0n) is 11.3. The minimum atomic E-state index is -1.61. The summed E-state index contributed by atoms with van der Waals surface area (Å²) in [4.78, 5) is 0. The van der Waals surface area contributed by atoms with Crippen molar-refractivity contribution < 1.29 is 4.43 Å². The average Bonchev–Trinajstić information content (AvgIpc) is 2.16. The van der Waals surface area contributed by atoms with E-state index in [0.717, 1.165) is 37.5 Å². The van der Waals surface area contributed by atoms with E-state index >= 15 is 0 Å². The van der Waals surface area contributed by atoms with E-state index in [1.54, 1.807) is 0 Å². The molecule has 2 nitrogen and oxygen atoms in total. The Morgan fingerprint density at radius 1 is 1.25 bits per heavy atom. The normalized spacial score (nSPS) is 31.4. The molecule has 0 atom stereocenters. The molecule has 0 bridgehead atoms. The highest BCUT2D eigenvalue weighted by molar-refractivity contribution is 6.69. The Kier molecular flexibility index (Phi) is 4.20. The molecule has 3 heteroatoms. The lowest BCUT2D eigenvalue weighted by molar-refractivity contribution is 0.0505. The van der Waals surface area contributed by atoms with Crippen molar-refractivity contribution in [3.8, 4) is 6.07 Å². The highest BCUT2D eigenvalue weighted by Gasteiger charge is 2.40. The maximum atomic E-state index is 9.38. The van der Waals surface area contributed by atoms with Gasteiger partial charge < -0.3 is 4.43 Å². The Hall–Kier alpha value is -0.333. The summed E-state index contributed by atoms with van der Waals surface area (Å²) >= 11 is 0. The van der Waals surface area contributed by atoms with Gasteiger partial charge in [0.25, 0.3) is 0 Å². The standard InChI is InChI=1S/C13H25NOSi/c1-11(2)12-6-8-13(10-14,9-7-12)15-16(3,4)5/h11-12H,6-9H2,1-5H3. The van der Waals surface area contributed by atoms with Crippen LogP contribution in [0.4, 0.5) is 0 Å². The quantitative estimate of drug-likeness (QED) is 0.699. The summed E-state index contributed by atoms with van der Waals surface area (Å²) < 4.78 is 6.12. The molecule has 0 N–H and O–H groups in total. The molecule has 0 saturated heterocycles. The van der Waals surface area contributed by atoms with Crippen molar-refractivity contribution in [2.24, 2.45) is 11.8 Å². The van der Waals surface area contributed by atoms with E-state index < -0.39 is 13.9 Å². The van der Waals surface area contributed by atoms with Crippen molar-refractivity contribution in [1.29, 1.82) is 5.26 Å². The molecule has 0 spiro atoms. The molecule has 1 fully saturated rings. The van der Waals surface area contributed by atoms with Gasteiger partial charge in [-0.15, -0.1) is 0 Å². The molecule has 0 heterocycles. The van der Waals surface area contributed by atoms with Gasteiger partial charge in [0.2, 0.25) is 0 Å². The third-order valence-corrected chi connectivity index (χ3v) is 4.49. The largest absolute Gasteiger partial charge is 0.400 e. The number of nitrogens with zero attached hydrogens (tertiary/aromatic N) is 1. The Balaban J connectivity index is 2.63. The molecule has 1 saturated carbocycles. The topological polar surface area (TPSA) is 33.0 Å². The Morgan fingerprint density at radius 2 is 1.75 bits per heavy atom. The molecule has 16 heavy (non-hydrogen) atoms. The van der Waals surface area contributed by atoms with Crippen LogP contribution < -0.4 is 0 Å². The fraction of sp³-hybridized carbons (Fsp3) is 0.923. The zero-order valence-corrected chi connectivity index (χ0v) is 12.3. The van der Waals surface area contributed by atoms with Crippen LogP contribution >= 0.6 is 0 Å². The molecule has 0 aliphatic heterocycles. The third-order valence-electron chi connectivity index (χ3n) is 3.49. The molecule has 1 aliphatic rings. The van der Waals surface area contributed by atoms with Gasteiger partial charge in [0.15, 0.2) is 8.32 Å². The molecule has 0 aromatic carbocycles. The molecule has 1 rings (SSSR count). The Bertz CT molecular complexity index is 267. The first-order chi connectivity index (χ1) is 7.28. The predicted octanol–water partition coefficient (Wildman–Crippen LogP) is 3.95. The first-order valence-corrected chi connectivity index (χ1v) is 9.80. The summed E-state index contributed by atoms with van der Waals surface area (Å²) in [5.74, 6) is 1.52. The molecule has 92 valence electrons. The van der Waals surface area contributed by atoms with Crippen molar-refractivity contribution in [3.05, 3.63) is 0 Å². The molecular formula is C13H25NOSi. The summed E-state index contributed by atoms with van der Waals surface area (Å²) in [6.45, 7) is 11.1. The van der Waals surface area contributed by atoms with Crippen LogP contribution in [0.5, 0.6) is 0 Å². The van der Waals surface area contributed by atoms with Gasteiger partial charge in [0.05, 0.1) is 6.07 Å². The smallest absolute Gasteiger partial charge is 0.185 e.